The number of aryl methyl sites for hydroxylation is 2. The molecule has 6 rings (SSSR count). The number of pyridine rings is 1. The van der Waals surface area contributed by atoms with Gasteiger partial charge in [0.2, 0.25) is 5.91 Å². The van der Waals surface area contributed by atoms with Crippen molar-refractivity contribution in [1.29, 1.82) is 0 Å². The van der Waals surface area contributed by atoms with Gasteiger partial charge in [-0.2, -0.15) is 5.10 Å². The number of halogens is 2. The third kappa shape index (κ3) is 5.19. The van der Waals surface area contributed by atoms with Crippen molar-refractivity contribution in [3.63, 3.8) is 0 Å². The highest BCUT2D eigenvalue weighted by Crippen LogP contribution is 2.62. The van der Waals surface area contributed by atoms with Crippen LogP contribution in [0.2, 0.25) is 0 Å². The van der Waals surface area contributed by atoms with Crippen molar-refractivity contribution in [3.05, 3.63) is 70.4 Å². The number of aromatic amines is 1. The summed E-state index contributed by atoms with van der Waals surface area (Å²) in [7, 11) is 0. The van der Waals surface area contributed by atoms with Crippen LogP contribution in [-0.4, -0.2) is 50.1 Å². The lowest BCUT2D eigenvalue weighted by atomic mass is 9.73. The monoisotopic (exact) mass is 589 g/mol. The second-order valence-electron chi connectivity index (χ2n) is 11.4. The van der Waals surface area contributed by atoms with Gasteiger partial charge in [-0.25, -0.2) is 18.4 Å². The van der Waals surface area contributed by atoms with Gasteiger partial charge in [0.1, 0.15) is 11.4 Å². The number of anilines is 1. The van der Waals surface area contributed by atoms with Crippen LogP contribution >= 0.6 is 0 Å². The number of benzene rings is 1. The molecule has 2 N–H and O–H groups in total. The van der Waals surface area contributed by atoms with Gasteiger partial charge in [0.25, 0.3) is 0 Å². The molecule has 0 saturated heterocycles. The van der Waals surface area contributed by atoms with Gasteiger partial charge in [0.15, 0.2) is 17.3 Å². The van der Waals surface area contributed by atoms with E-state index in [-0.39, 0.29) is 24.0 Å². The molecule has 11 nitrogen and oxygen atoms in total. The third-order valence-electron chi connectivity index (χ3n) is 8.15. The summed E-state index contributed by atoms with van der Waals surface area (Å²) in [4.78, 5) is 35.7. The smallest absolute Gasteiger partial charge is 0.300 e. The fourth-order valence-electron chi connectivity index (χ4n) is 5.75. The number of nitrogens with one attached hydrogen (secondary N) is 2. The quantitative estimate of drug-likeness (QED) is 0.276. The molecular formula is C30H29F2N7O4. The first-order chi connectivity index (χ1) is 20.6. The van der Waals surface area contributed by atoms with E-state index in [0.29, 0.717) is 35.5 Å². The van der Waals surface area contributed by atoms with E-state index in [2.05, 4.69) is 35.8 Å². The Morgan fingerprint density at radius 1 is 1.16 bits per heavy atom. The lowest BCUT2D eigenvalue weighted by Crippen LogP contribution is -2.39. The molecule has 1 aliphatic heterocycles. The fraction of sp³-hybridized carbons (Fsp3) is 0.367. The zero-order valence-corrected chi connectivity index (χ0v) is 23.9. The fourth-order valence-corrected chi connectivity index (χ4v) is 5.75. The highest BCUT2D eigenvalue weighted by molar-refractivity contribution is 6.07. The largest absolute Gasteiger partial charge is 0.493 e. The van der Waals surface area contributed by atoms with Gasteiger partial charge in [-0.3, -0.25) is 19.7 Å². The van der Waals surface area contributed by atoms with E-state index in [1.54, 1.807) is 12.1 Å². The lowest BCUT2D eigenvalue weighted by molar-refractivity contribution is -0.119. The van der Waals surface area contributed by atoms with Crippen molar-refractivity contribution in [3.8, 4) is 17.0 Å². The molecule has 1 saturated carbocycles. The van der Waals surface area contributed by atoms with Crippen molar-refractivity contribution in [2.75, 3.05) is 11.9 Å². The summed E-state index contributed by atoms with van der Waals surface area (Å²) in [6.45, 7) is 7.63. The van der Waals surface area contributed by atoms with Gasteiger partial charge in [-0.05, 0) is 50.0 Å². The Hall–Kier alpha value is -4.81. The SMILES string of the molecule is Cc1n[nH]c(C)c1-c1ccc(NC(=O)C(C=NC(=O)c2nonc2C(C)C)C2c3cc(F)c(F)cc3OCC23CC3)cn1. The van der Waals surface area contributed by atoms with Crippen molar-refractivity contribution < 1.29 is 27.7 Å². The Balaban J connectivity index is 1.36. The molecule has 0 bridgehead atoms. The van der Waals surface area contributed by atoms with E-state index in [4.69, 9.17) is 9.37 Å². The molecule has 2 unspecified atom stereocenters. The van der Waals surface area contributed by atoms with Crippen molar-refractivity contribution in [2.45, 2.75) is 52.4 Å². The van der Waals surface area contributed by atoms with E-state index < -0.39 is 40.7 Å². The second-order valence-corrected chi connectivity index (χ2v) is 11.4. The van der Waals surface area contributed by atoms with Gasteiger partial charge in [0.05, 0.1) is 35.8 Å². The minimum Gasteiger partial charge on any atom is -0.493 e. The minimum atomic E-state index is -1.06. The van der Waals surface area contributed by atoms with Crippen LogP contribution in [0.3, 0.4) is 0 Å². The summed E-state index contributed by atoms with van der Waals surface area (Å²) >= 11 is 0. The van der Waals surface area contributed by atoms with Crippen molar-refractivity contribution >= 4 is 23.7 Å². The van der Waals surface area contributed by atoms with E-state index in [0.717, 1.165) is 29.1 Å². The topological polar surface area (TPSA) is 148 Å². The van der Waals surface area contributed by atoms with E-state index in [1.807, 2.05) is 27.7 Å². The van der Waals surface area contributed by atoms with Crippen LogP contribution in [0.5, 0.6) is 5.75 Å². The lowest BCUT2D eigenvalue weighted by Gasteiger charge is -2.37. The van der Waals surface area contributed by atoms with Gasteiger partial charge < -0.3 is 10.1 Å². The second kappa shape index (κ2) is 10.8. The molecule has 13 heteroatoms. The number of hydrogen-bond acceptors (Lipinski definition) is 8. The van der Waals surface area contributed by atoms with E-state index in [1.165, 1.54) is 12.4 Å². The average molecular weight is 590 g/mol. The number of ether oxygens (including phenoxy) is 1. The number of aromatic nitrogens is 5. The molecule has 1 fully saturated rings. The number of aliphatic imine (C=N–C) groups is 1. The van der Waals surface area contributed by atoms with Crippen LogP contribution in [0.25, 0.3) is 11.3 Å². The number of amides is 2. The molecule has 222 valence electrons. The van der Waals surface area contributed by atoms with Crippen molar-refractivity contribution in [2.24, 2.45) is 16.3 Å². The number of nitrogens with zero attached hydrogens (tertiary/aromatic N) is 5. The van der Waals surface area contributed by atoms with Crippen LogP contribution in [0.15, 0.2) is 40.1 Å². The Morgan fingerprint density at radius 3 is 2.58 bits per heavy atom. The highest BCUT2D eigenvalue weighted by Gasteiger charge is 2.57. The Bertz CT molecular complexity index is 1720. The molecule has 1 aliphatic carbocycles. The maximum atomic E-state index is 14.5. The van der Waals surface area contributed by atoms with E-state index >= 15 is 0 Å². The third-order valence-corrected chi connectivity index (χ3v) is 8.15. The minimum absolute atomic E-state index is 0.0586. The molecule has 1 spiro atoms. The number of fused-ring (bicyclic) bond motifs is 1. The van der Waals surface area contributed by atoms with Gasteiger partial charge in [-0.1, -0.05) is 19.0 Å². The maximum absolute atomic E-state index is 14.5. The summed E-state index contributed by atoms with van der Waals surface area (Å²) in [6.07, 6.45) is 4.17. The number of rotatable bonds is 7. The van der Waals surface area contributed by atoms with E-state index in [9.17, 15) is 18.4 Å². The van der Waals surface area contributed by atoms with Crippen LogP contribution in [0, 0.1) is 36.8 Å². The molecule has 2 atom stereocenters. The predicted molar refractivity (Wildman–Crippen MR) is 151 cm³/mol. The standard InChI is InChI=1S/C30H29F2N7O4/c1-14(2)26-27(39-43-38-26)29(41)34-12-19(25-18-9-20(31)21(32)10-23(18)42-13-30(25)7-8-30)28(40)35-17-5-6-22(33-11-17)24-15(3)36-37-16(24)4/h5-6,9-12,14,19,25H,7-8,13H2,1-4H3,(H,35,40)(H,36,37). The summed E-state index contributed by atoms with van der Waals surface area (Å²) in [5.74, 6) is -5.05. The summed E-state index contributed by atoms with van der Waals surface area (Å²) in [5.41, 5.74) is 3.72. The van der Waals surface area contributed by atoms with Crippen LogP contribution in [-0.2, 0) is 4.79 Å². The molecule has 4 aromatic rings. The number of hydrogen-bond donors (Lipinski definition) is 2. The first-order valence-corrected chi connectivity index (χ1v) is 13.9. The molecular weight excluding hydrogens is 560 g/mol. The van der Waals surface area contributed by atoms with Crippen molar-refractivity contribution in [1.82, 2.24) is 25.5 Å². The normalized spacial score (nSPS) is 17.6. The molecule has 1 aromatic carbocycles. The molecule has 2 amide bonds. The summed E-state index contributed by atoms with van der Waals surface area (Å²) in [5, 5.41) is 17.5. The highest BCUT2D eigenvalue weighted by atomic mass is 19.2. The summed E-state index contributed by atoms with van der Waals surface area (Å²) < 4.78 is 39.3. The number of carbonyl (C=O) groups excluding carboxylic acids is 2. The molecule has 0 radical (unpaired) electrons. The molecule has 43 heavy (non-hydrogen) atoms. The molecule has 2 aliphatic rings. The average Bonchev–Trinajstić information content (AvgIpc) is 3.40. The first kappa shape index (κ1) is 28.3. The first-order valence-electron chi connectivity index (χ1n) is 13.9. The maximum Gasteiger partial charge on any atom is 0.300 e. The zero-order valence-electron chi connectivity index (χ0n) is 23.9. The van der Waals surface area contributed by atoms with Gasteiger partial charge in [0, 0.05) is 46.4 Å². The van der Waals surface area contributed by atoms with Gasteiger partial charge in [-0.15, -0.1) is 0 Å². The predicted octanol–water partition coefficient (Wildman–Crippen LogP) is 5.30. The number of carbonyl (C=O) groups is 2. The van der Waals surface area contributed by atoms with Gasteiger partial charge >= 0.3 is 5.91 Å². The zero-order chi connectivity index (χ0) is 30.5. The summed E-state index contributed by atoms with van der Waals surface area (Å²) in [6, 6.07) is 5.53. The Kier molecular flexibility index (Phi) is 7.10. The Labute approximate surface area is 245 Å². The van der Waals surface area contributed by atoms with Crippen LogP contribution in [0.1, 0.15) is 71.7 Å². The Morgan fingerprint density at radius 2 is 1.93 bits per heavy atom. The van der Waals surface area contributed by atoms with Crippen LogP contribution < -0.4 is 10.1 Å². The van der Waals surface area contributed by atoms with Crippen LogP contribution in [0.4, 0.5) is 14.5 Å². The number of H-pyrrole nitrogens is 1. The molecule has 4 heterocycles. The molecule has 3 aromatic heterocycles.